The van der Waals surface area contributed by atoms with Gasteiger partial charge in [0.05, 0.1) is 38.5 Å². The van der Waals surface area contributed by atoms with Gasteiger partial charge in [0.1, 0.15) is 41.8 Å². The van der Waals surface area contributed by atoms with Crippen molar-refractivity contribution in [2.24, 2.45) is 29.6 Å². The summed E-state index contributed by atoms with van der Waals surface area (Å²) in [6, 6.07) is -7.92. The zero-order chi connectivity index (χ0) is 72.1. The Bertz CT molecular complexity index is 2850. The minimum Gasteiger partial charge on any atom is -0.343 e. The third-order valence-corrected chi connectivity index (χ3v) is 24.2. The van der Waals surface area contributed by atoms with Crippen LogP contribution in [-0.4, -0.2) is 274 Å². The average molecular weight is 1420 g/mol. The molecule has 7 rings (SSSR count). The van der Waals surface area contributed by atoms with Gasteiger partial charge in [-0.25, -0.2) is 0 Å². The van der Waals surface area contributed by atoms with E-state index in [1.165, 1.54) is 75.9 Å². The van der Waals surface area contributed by atoms with E-state index in [0.717, 1.165) is 64.5 Å². The van der Waals surface area contributed by atoms with Gasteiger partial charge in [-0.15, -0.1) is 11.6 Å². The molecule has 3 aliphatic heterocycles. The van der Waals surface area contributed by atoms with Crippen molar-refractivity contribution >= 4 is 94.2 Å². The van der Waals surface area contributed by atoms with Crippen LogP contribution in [0.3, 0.4) is 0 Å². The summed E-state index contributed by atoms with van der Waals surface area (Å²) in [6.07, 6.45) is 6.07. The molecule has 0 aromatic rings. The van der Waals surface area contributed by atoms with Crippen molar-refractivity contribution in [2.45, 2.75) is 234 Å². The van der Waals surface area contributed by atoms with Crippen LogP contribution in [0.5, 0.6) is 0 Å². The second-order valence-electron chi connectivity index (χ2n) is 29.4. The average Bonchev–Trinajstić information content (AvgIpc) is 1.31. The van der Waals surface area contributed by atoms with Crippen molar-refractivity contribution in [1.29, 1.82) is 0 Å². The van der Waals surface area contributed by atoms with Gasteiger partial charge in [-0.05, 0) is 126 Å². The number of carbonyl (C=O) groups excluding carboxylic acids is 12. The molecule has 98 heavy (non-hydrogen) atoms. The first-order valence-electron chi connectivity index (χ1n) is 35.9. The standard InChI is InChI=1S/C69H110ClF3N12O12S/c1-11-43(2)59-65(95)79(6)40-57(89)77(4)41-58(90)81(8)52(36-45-21-14-12-15-22-45)63(93)78(5)38-54(86)74-51(28-26-46-25-27-49(50(70)35-46)69(71,72)73)62(92)85(48-29-34-98-42-48)39-55(87)76-68(30-16-17-31-68)67(97)83(10)60(47-23-20-24-47)66(96)82(9)53(64(94)84-32-18-13-19-33-84)37-56(88)80(7)44(3)61(91)75-59/h43-53,59-60H,11-42H2,1-10H3,(H,74,86)(H,75,91)(H,76,87)/t43-,44-,46?,48?,49?,50?,51-,52-,53-,59-,60-/m0/s1. The maximum absolute atomic E-state index is 15.5. The van der Waals surface area contributed by atoms with Crippen LogP contribution in [0.2, 0.25) is 0 Å². The van der Waals surface area contributed by atoms with Crippen LogP contribution in [0, 0.1) is 29.6 Å². The molecule has 7 aliphatic rings. The summed E-state index contributed by atoms with van der Waals surface area (Å²) in [5, 5.41) is 7.49. The predicted molar refractivity (Wildman–Crippen MR) is 364 cm³/mol. The van der Waals surface area contributed by atoms with Gasteiger partial charge in [0, 0.05) is 79.6 Å². The zero-order valence-electron chi connectivity index (χ0n) is 59.5. The Labute approximate surface area is 586 Å². The maximum Gasteiger partial charge on any atom is 0.393 e. The third-order valence-electron chi connectivity index (χ3n) is 22.6. The van der Waals surface area contributed by atoms with Crippen molar-refractivity contribution in [3.05, 3.63) is 0 Å². The monoisotopic (exact) mass is 1420 g/mol. The largest absolute Gasteiger partial charge is 0.393 e. The molecule has 29 heteroatoms. The molecule has 0 aromatic carbocycles. The molecule has 4 aliphatic carbocycles. The smallest absolute Gasteiger partial charge is 0.343 e. The molecule has 0 aromatic heterocycles. The van der Waals surface area contributed by atoms with Crippen LogP contribution in [0.4, 0.5) is 13.2 Å². The molecular weight excluding hydrogens is 1310 g/mol. The van der Waals surface area contributed by atoms with E-state index in [4.69, 9.17) is 11.6 Å². The first-order chi connectivity index (χ1) is 46.3. The van der Waals surface area contributed by atoms with Crippen LogP contribution in [0.25, 0.3) is 0 Å². The summed E-state index contributed by atoms with van der Waals surface area (Å²) in [5.41, 5.74) is -1.55. The predicted octanol–water partition coefficient (Wildman–Crippen LogP) is 5.02. The van der Waals surface area contributed by atoms with Crippen LogP contribution in [-0.2, 0) is 57.5 Å². The first kappa shape index (κ1) is 79.4. The lowest BCUT2D eigenvalue weighted by Crippen LogP contribution is -2.65. The van der Waals surface area contributed by atoms with E-state index in [1.54, 1.807) is 23.6 Å². The Morgan fingerprint density at radius 1 is 0.633 bits per heavy atom. The summed E-state index contributed by atoms with van der Waals surface area (Å²) < 4.78 is 42.1. The SMILES string of the molecule is CC[C@H](C)[C@@H]1NC(=O)[C@H](C)N(C)C(=O)C[C@@H](C(=O)N2CCCCC2)N(C)C(=O)[C@H](C2CCC2)N(C)C(=O)C2(CCCC2)NC(=O)CN(C2CCSC2)C(=O)[C@H](CCC2CCC(C(F)(F)F)C(Cl)C2)NC(=O)CN(C)C(=O)[C@H](CC2CCCCC2)N(C)C(=O)CN(C)C(=O)CN(C)C1=O. The summed E-state index contributed by atoms with van der Waals surface area (Å²) in [5.74, 6) is -9.43. The number of likely N-dealkylation sites (N-methyl/N-ethyl adjacent to an activating group) is 7. The number of hydrogen-bond donors (Lipinski definition) is 3. The van der Waals surface area contributed by atoms with Gasteiger partial charge < -0.3 is 60.0 Å². The first-order valence-corrected chi connectivity index (χ1v) is 37.5. The second-order valence-corrected chi connectivity index (χ2v) is 31.1. The normalized spacial score (nSPS) is 30.4. The number of thioether (sulfide) groups is 1. The summed E-state index contributed by atoms with van der Waals surface area (Å²) in [6.45, 7) is 3.63. The Kier molecular flexibility index (Phi) is 28.8. The summed E-state index contributed by atoms with van der Waals surface area (Å²) in [7, 11) is 9.95. The van der Waals surface area contributed by atoms with Gasteiger partial charge in [-0.3, -0.25) is 57.5 Å². The maximum atomic E-state index is 15.5. The lowest BCUT2D eigenvalue weighted by atomic mass is 9.77. The second kappa shape index (κ2) is 35.6. The van der Waals surface area contributed by atoms with Gasteiger partial charge in [0.2, 0.25) is 70.9 Å². The van der Waals surface area contributed by atoms with Crippen LogP contribution >= 0.6 is 23.4 Å². The molecule has 11 atom stereocenters. The quantitative estimate of drug-likeness (QED) is 0.243. The molecule has 4 unspecified atom stereocenters. The molecule has 3 saturated heterocycles. The van der Waals surface area contributed by atoms with Crippen LogP contribution in [0.15, 0.2) is 0 Å². The van der Waals surface area contributed by atoms with E-state index in [1.807, 2.05) is 6.92 Å². The third kappa shape index (κ3) is 20.0. The highest BCUT2D eigenvalue weighted by atomic mass is 35.5. The number of nitrogens with zero attached hydrogens (tertiary/aromatic N) is 9. The Morgan fingerprint density at radius 2 is 1.27 bits per heavy atom. The molecule has 0 bridgehead atoms. The fourth-order valence-electron chi connectivity index (χ4n) is 15.5. The lowest BCUT2D eigenvalue weighted by molar-refractivity contribution is -0.182. The van der Waals surface area contributed by atoms with E-state index < -0.39 is 175 Å². The van der Waals surface area contributed by atoms with Crippen molar-refractivity contribution < 1.29 is 70.7 Å². The number of alkyl halides is 4. The molecule has 7 fully saturated rings. The Balaban J connectivity index is 1.25. The number of halogens is 4. The number of rotatable bonds is 10. The minimum absolute atomic E-state index is 0.000168. The molecule has 3 N–H and O–H groups in total. The molecule has 12 amide bonds. The molecule has 24 nitrogen and oxygen atoms in total. The van der Waals surface area contributed by atoms with Crippen LogP contribution in [0.1, 0.15) is 175 Å². The topological polar surface area (TPSA) is 270 Å². The molecule has 3 heterocycles. The van der Waals surface area contributed by atoms with E-state index in [9.17, 15) is 56.3 Å². The highest BCUT2D eigenvalue weighted by molar-refractivity contribution is 7.99. The van der Waals surface area contributed by atoms with Crippen molar-refractivity contribution in [2.75, 3.05) is 100 Å². The van der Waals surface area contributed by atoms with Gasteiger partial charge in [0.15, 0.2) is 0 Å². The molecule has 1 spiro atoms. The lowest BCUT2D eigenvalue weighted by Gasteiger charge is -2.44. The van der Waals surface area contributed by atoms with Gasteiger partial charge in [-0.1, -0.05) is 71.6 Å². The summed E-state index contributed by atoms with van der Waals surface area (Å²) >= 11 is 7.98. The van der Waals surface area contributed by atoms with E-state index >= 15 is 14.4 Å². The highest BCUT2D eigenvalue weighted by Gasteiger charge is 2.52. The van der Waals surface area contributed by atoms with Crippen molar-refractivity contribution in [1.82, 2.24) is 60.0 Å². The Hall–Kier alpha value is -5.93. The molecular formula is C69H110ClF3N12O12S. The van der Waals surface area contributed by atoms with E-state index in [0.29, 0.717) is 76.0 Å². The van der Waals surface area contributed by atoms with Crippen molar-refractivity contribution in [3.8, 4) is 0 Å². The fourth-order valence-corrected chi connectivity index (χ4v) is 17.2. The summed E-state index contributed by atoms with van der Waals surface area (Å²) in [4.78, 5) is 189. The van der Waals surface area contributed by atoms with Gasteiger partial charge in [-0.2, -0.15) is 24.9 Å². The van der Waals surface area contributed by atoms with Crippen molar-refractivity contribution in [3.63, 3.8) is 0 Å². The minimum atomic E-state index is -4.51. The number of hydrogen-bond acceptors (Lipinski definition) is 13. The van der Waals surface area contributed by atoms with E-state index in [2.05, 4.69) is 16.0 Å². The fraction of sp³-hybridized carbons (Fsp3) is 0.826. The number of nitrogens with one attached hydrogen (secondary N) is 3. The van der Waals surface area contributed by atoms with E-state index in [-0.39, 0.29) is 69.1 Å². The number of piperidine rings is 1. The van der Waals surface area contributed by atoms with Gasteiger partial charge in [0.25, 0.3) is 0 Å². The van der Waals surface area contributed by atoms with Gasteiger partial charge >= 0.3 is 6.18 Å². The zero-order valence-corrected chi connectivity index (χ0v) is 61.0. The molecule has 552 valence electrons. The Morgan fingerprint density at radius 3 is 1.86 bits per heavy atom. The number of likely N-dealkylation sites (tertiary alicyclic amines) is 1. The molecule has 0 radical (unpaired) electrons. The highest BCUT2D eigenvalue weighted by Crippen LogP contribution is 2.44. The van der Waals surface area contributed by atoms with Crippen LogP contribution < -0.4 is 16.0 Å². The number of amides is 12. The molecule has 4 saturated carbocycles. The number of carbonyl (C=O) groups is 12.